The predicted octanol–water partition coefficient (Wildman–Crippen LogP) is 4.63. The maximum absolute atomic E-state index is 13.1. The molecule has 0 bridgehead atoms. The lowest BCUT2D eigenvalue weighted by atomic mass is 10.1. The first-order chi connectivity index (χ1) is 17.1. The van der Waals surface area contributed by atoms with E-state index < -0.39 is 20.9 Å². The van der Waals surface area contributed by atoms with Crippen LogP contribution in [0.5, 0.6) is 0 Å². The summed E-state index contributed by atoms with van der Waals surface area (Å²) < 4.78 is 27.5. The largest absolute Gasteiger partial charge is 0.366 e. The summed E-state index contributed by atoms with van der Waals surface area (Å²) in [5.41, 5.74) is 2.45. The minimum Gasteiger partial charge on any atom is -0.366 e. The van der Waals surface area contributed by atoms with Crippen LogP contribution in [-0.4, -0.2) is 49.7 Å². The minimum absolute atomic E-state index is 0.139. The number of rotatable bonds is 6. The van der Waals surface area contributed by atoms with Gasteiger partial charge in [0.1, 0.15) is 0 Å². The van der Waals surface area contributed by atoms with Crippen LogP contribution >= 0.6 is 11.6 Å². The fourth-order valence-electron chi connectivity index (χ4n) is 4.09. The van der Waals surface area contributed by atoms with Gasteiger partial charge in [0, 0.05) is 43.4 Å². The average Bonchev–Trinajstić information content (AvgIpc) is 2.84. The number of para-hydroxylation sites is 1. The Morgan fingerprint density at radius 3 is 2.31 bits per heavy atom. The van der Waals surface area contributed by atoms with Crippen molar-refractivity contribution < 1.29 is 18.1 Å². The Hall–Kier alpha value is -3.47. The van der Waals surface area contributed by atoms with Crippen LogP contribution in [0.3, 0.4) is 0 Å². The summed E-state index contributed by atoms with van der Waals surface area (Å²) in [6.45, 7) is 4.74. The lowest BCUT2D eigenvalue weighted by Gasteiger charge is -2.36. The average molecular weight is 529 g/mol. The number of hydrogen-bond acceptors (Lipinski definition) is 6. The molecule has 1 heterocycles. The lowest BCUT2D eigenvalue weighted by molar-refractivity contribution is -0.385. The van der Waals surface area contributed by atoms with E-state index in [1.54, 1.807) is 49.4 Å². The van der Waals surface area contributed by atoms with Gasteiger partial charge in [-0.15, -0.1) is 0 Å². The predicted molar refractivity (Wildman–Crippen MR) is 139 cm³/mol. The molecule has 0 saturated carbocycles. The zero-order chi connectivity index (χ0) is 26.0. The third-order valence-corrected chi connectivity index (χ3v) is 8.33. The van der Waals surface area contributed by atoms with E-state index in [1.165, 1.54) is 22.5 Å². The molecule has 1 fully saturated rings. The summed E-state index contributed by atoms with van der Waals surface area (Å²) in [7, 11) is -3.63. The van der Waals surface area contributed by atoms with Crippen LogP contribution in [0.1, 0.15) is 21.5 Å². The highest BCUT2D eigenvalue weighted by atomic mass is 35.5. The standard InChI is InChI=1S/C25H25ClN4O5S/c1-17-6-10-20(11-7-17)36(34,35)29-14-12-28(13-15-29)24-21(26)4-3-5-22(24)27-25(31)19-9-8-18(2)23(16-19)30(32)33/h3-11,16H,12-15H2,1-2H3,(H,27,31). The molecular formula is C25H25ClN4O5S. The first-order valence-electron chi connectivity index (χ1n) is 11.2. The molecular weight excluding hydrogens is 504 g/mol. The number of sulfonamides is 1. The number of halogens is 1. The van der Waals surface area contributed by atoms with Crippen molar-refractivity contribution in [1.82, 2.24) is 4.31 Å². The van der Waals surface area contributed by atoms with Gasteiger partial charge >= 0.3 is 0 Å². The Kier molecular flexibility index (Phi) is 7.30. The molecule has 36 heavy (non-hydrogen) atoms. The third-order valence-electron chi connectivity index (χ3n) is 6.12. The maximum atomic E-state index is 13.1. The number of aryl methyl sites for hydroxylation is 2. The fraction of sp³-hybridized carbons (Fsp3) is 0.240. The van der Waals surface area contributed by atoms with Gasteiger partial charge in [-0.05, 0) is 44.2 Å². The molecule has 1 N–H and O–H groups in total. The van der Waals surface area contributed by atoms with E-state index in [9.17, 15) is 23.3 Å². The topological polar surface area (TPSA) is 113 Å². The van der Waals surface area contributed by atoms with Gasteiger partial charge < -0.3 is 10.2 Å². The van der Waals surface area contributed by atoms with Crippen LogP contribution in [0, 0.1) is 24.0 Å². The summed E-state index contributed by atoms with van der Waals surface area (Å²) in [5, 5.41) is 14.5. The molecule has 0 spiro atoms. The second-order valence-corrected chi connectivity index (χ2v) is 10.9. The molecule has 3 aromatic rings. The van der Waals surface area contributed by atoms with Crippen molar-refractivity contribution in [3.63, 3.8) is 0 Å². The number of hydrogen-bond donors (Lipinski definition) is 1. The van der Waals surface area contributed by atoms with E-state index in [1.807, 2.05) is 11.8 Å². The summed E-state index contributed by atoms with van der Waals surface area (Å²) in [6.07, 6.45) is 0. The third kappa shape index (κ3) is 5.20. The van der Waals surface area contributed by atoms with Crippen molar-refractivity contribution >= 4 is 44.6 Å². The molecule has 0 unspecified atom stereocenters. The monoisotopic (exact) mass is 528 g/mol. The van der Waals surface area contributed by atoms with E-state index in [4.69, 9.17) is 11.6 Å². The molecule has 1 aliphatic rings. The number of nitrogens with zero attached hydrogens (tertiary/aromatic N) is 3. The second kappa shape index (κ2) is 10.3. The maximum Gasteiger partial charge on any atom is 0.273 e. The fourth-order valence-corrected chi connectivity index (χ4v) is 5.81. The number of amides is 1. The van der Waals surface area contributed by atoms with Crippen molar-refractivity contribution in [1.29, 1.82) is 0 Å². The molecule has 0 atom stereocenters. The van der Waals surface area contributed by atoms with Crippen molar-refractivity contribution in [3.8, 4) is 0 Å². The summed E-state index contributed by atoms with van der Waals surface area (Å²) >= 11 is 6.50. The lowest BCUT2D eigenvalue weighted by Crippen LogP contribution is -2.49. The van der Waals surface area contributed by atoms with Gasteiger partial charge in [0.05, 0.1) is 26.2 Å². The number of nitro groups is 1. The molecule has 1 amide bonds. The molecule has 11 heteroatoms. The van der Waals surface area contributed by atoms with Crippen LogP contribution in [0.15, 0.2) is 65.6 Å². The van der Waals surface area contributed by atoms with E-state index in [2.05, 4.69) is 5.32 Å². The van der Waals surface area contributed by atoms with Gasteiger partial charge in [0.15, 0.2) is 0 Å². The number of benzene rings is 3. The van der Waals surface area contributed by atoms with E-state index >= 15 is 0 Å². The Labute approximate surface area is 214 Å². The first kappa shape index (κ1) is 25.6. The van der Waals surface area contributed by atoms with Gasteiger partial charge in [-0.2, -0.15) is 4.31 Å². The SMILES string of the molecule is Cc1ccc(S(=O)(=O)N2CCN(c3c(Cl)cccc3NC(=O)c3ccc(C)c([N+](=O)[O-])c3)CC2)cc1. The molecule has 0 aliphatic carbocycles. The molecule has 9 nitrogen and oxygen atoms in total. The Morgan fingerprint density at radius 1 is 1.00 bits per heavy atom. The summed E-state index contributed by atoms with van der Waals surface area (Å²) in [5.74, 6) is -0.512. The number of nitrogens with one attached hydrogen (secondary N) is 1. The molecule has 0 radical (unpaired) electrons. The normalized spacial score (nSPS) is 14.5. The van der Waals surface area contributed by atoms with Crippen molar-refractivity contribution in [2.45, 2.75) is 18.7 Å². The summed E-state index contributed by atoms with van der Waals surface area (Å²) in [6, 6.07) is 16.1. The number of piperazine rings is 1. The minimum atomic E-state index is -3.63. The highest BCUT2D eigenvalue weighted by Gasteiger charge is 2.30. The zero-order valence-corrected chi connectivity index (χ0v) is 21.3. The number of carbonyl (C=O) groups is 1. The molecule has 4 rings (SSSR count). The van der Waals surface area contributed by atoms with Gasteiger partial charge in [0.2, 0.25) is 10.0 Å². The van der Waals surface area contributed by atoms with Gasteiger partial charge in [-0.25, -0.2) is 8.42 Å². The smallest absolute Gasteiger partial charge is 0.273 e. The van der Waals surface area contributed by atoms with E-state index in [-0.39, 0.29) is 29.2 Å². The Bertz CT molecular complexity index is 1420. The number of nitro benzene ring substituents is 1. The van der Waals surface area contributed by atoms with Gasteiger partial charge in [-0.3, -0.25) is 14.9 Å². The van der Waals surface area contributed by atoms with Gasteiger partial charge in [0.25, 0.3) is 11.6 Å². The second-order valence-electron chi connectivity index (χ2n) is 8.55. The highest BCUT2D eigenvalue weighted by Crippen LogP contribution is 2.35. The molecule has 188 valence electrons. The zero-order valence-electron chi connectivity index (χ0n) is 19.8. The number of carbonyl (C=O) groups excluding carboxylic acids is 1. The van der Waals surface area contributed by atoms with Gasteiger partial charge in [-0.1, -0.05) is 41.4 Å². The van der Waals surface area contributed by atoms with Crippen LogP contribution in [0.2, 0.25) is 5.02 Å². The van der Waals surface area contributed by atoms with Crippen LogP contribution in [0.25, 0.3) is 0 Å². The molecule has 1 aliphatic heterocycles. The van der Waals surface area contributed by atoms with Crippen LogP contribution < -0.4 is 10.2 Å². The van der Waals surface area contributed by atoms with Crippen molar-refractivity contribution in [2.24, 2.45) is 0 Å². The first-order valence-corrected chi connectivity index (χ1v) is 13.1. The highest BCUT2D eigenvalue weighted by molar-refractivity contribution is 7.89. The Morgan fingerprint density at radius 2 is 1.67 bits per heavy atom. The summed E-state index contributed by atoms with van der Waals surface area (Å²) in [4.78, 5) is 25.8. The van der Waals surface area contributed by atoms with Crippen molar-refractivity contribution in [2.75, 3.05) is 36.4 Å². The quantitative estimate of drug-likeness (QED) is 0.369. The molecule has 1 saturated heterocycles. The van der Waals surface area contributed by atoms with E-state index in [0.29, 0.717) is 35.1 Å². The molecule has 0 aromatic heterocycles. The number of anilines is 2. The van der Waals surface area contributed by atoms with Crippen molar-refractivity contribution in [3.05, 3.63) is 92.5 Å². The molecule has 3 aromatic carbocycles. The van der Waals surface area contributed by atoms with Crippen LogP contribution in [-0.2, 0) is 10.0 Å². The van der Waals surface area contributed by atoms with Crippen LogP contribution in [0.4, 0.5) is 17.1 Å². The van der Waals surface area contributed by atoms with E-state index in [0.717, 1.165) is 5.56 Å². The Balaban J connectivity index is 1.53.